The Morgan fingerprint density at radius 1 is 0.400 bits per heavy atom. The molecule has 0 aliphatic heterocycles. The summed E-state index contributed by atoms with van der Waals surface area (Å²) in [5.74, 6) is 1.54. The van der Waals surface area contributed by atoms with E-state index in [1.165, 1.54) is 0 Å². The predicted octanol–water partition coefficient (Wildman–Crippen LogP) is 12.0. The van der Waals surface area contributed by atoms with Gasteiger partial charge in [-0.15, -0.1) is 0 Å². The van der Waals surface area contributed by atoms with Gasteiger partial charge in [0.1, 0.15) is 22.3 Å². The second-order valence-corrected chi connectivity index (χ2v) is 11.9. The van der Waals surface area contributed by atoms with Gasteiger partial charge in [0, 0.05) is 43.8 Å². The molecule has 0 aliphatic rings. The lowest BCUT2D eigenvalue weighted by Gasteiger charge is -2.09. The molecule has 10 rings (SSSR count). The highest BCUT2D eigenvalue weighted by Gasteiger charge is 2.20. The topological polar surface area (TPSA) is 65.0 Å². The maximum absolute atomic E-state index is 9.35. The van der Waals surface area contributed by atoms with Gasteiger partial charge < -0.3 is 8.83 Å². The fourth-order valence-corrected chi connectivity index (χ4v) is 6.60. The van der Waals surface area contributed by atoms with Gasteiger partial charge in [-0.2, -0.15) is 0 Å². The molecule has 0 N–H and O–H groups in total. The number of hydrogen-bond donors (Lipinski definition) is 0. The Kier molecular flexibility index (Phi) is 5.17. The third-order valence-electron chi connectivity index (χ3n) is 8.91. The second-order valence-electron chi connectivity index (χ2n) is 11.9. The van der Waals surface area contributed by atoms with Gasteiger partial charge in [-0.1, -0.05) is 133 Å². The lowest BCUT2D eigenvalue weighted by atomic mass is 9.94. The third kappa shape index (κ3) is 4.60. The molecule has 5 heteroatoms. The summed E-state index contributed by atoms with van der Waals surface area (Å²) in [6.07, 6.45) is 0. The molecule has 3 aromatic heterocycles. The van der Waals surface area contributed by atoms with Crippen LogP contribution < -0.4 is 0 Å². The van der Waals surface area contributed by atoms with Crippen molar-refractivity contribution >= 4 is 43.9 Å². The maximum Gasteiger partial charge on any atom is 0.164 e. The third-order valence-corrected chi connectivity index (χ3v) is 8.91. The Morgan fingerprint density at radius 3 is 1.76 bits per heavy atom. The van der Waals surface area contributed by atoms with E-state index in [4.69, 9.17) is 29.3 Å². The average molecular weight is 648 g/mol. The van der Waals surface area contributed by atoms with E-state index < -0.39 is 12.1 Å². The summed E-state index contributed by atoms with van der Waals surface area (Å²) in [7, 11) is 0. The second kappa shape index (κ2) is 11.4. The zero-order valence-electron chi connectivity index (χ0n) is 32.3. The number of hydrogen-bond acceptors (Lipinski definition) is 5. The standard InChI is InChI=1S/C45H27N3O2/c1-4-13-28(14-5-1)32-25-26-33(42-41(32)34-19-10-11-21-37(34)50-42)31-23-24-35-39(27-31)49-38-22-12-20-36(40(35)38)45-47-43(29-15-6-2-7-16-29)46-44(48-45)30-17-8-3-9-18-30/h1-27H/i10D,11D,19D,21D,25D,26D. The average Bonchev–Trinajstić information content (AvgIpc) is 3.82. The maximum atomic E-state index is 9.35. The molecule has 10 aromatic rings. The molecule has 0 bridgehead atoms. The first kappa shape index (κ1) is 22.7. The largest absolute Gasteiger partial charge is 0.456 e. The van der Waals surface area contributed by atoms with Gasteiger partial charge in [0.25, 0.3) is 0 Å². The van der Waals surface area contributed by atoms with Crippen LogP contribution in [0.1, 0.15) is 8.22 Å². The van der Waals surface area contributed by atoms with Crippen LogP contribution in [0.25, 0.3) is 100 Å². The van der Waals surface area contributed by atoms with Crippen LogP contribution in [0, 0.1) is 0 Å². The molecule has 0 saturated carbocycles. The van der Waals surface area contributed by atoms with E-state index in [0.717, 1.165) is 27.5 Å². The van der Waals surface area contributed by atoms with Crippen molar-refractivity contribution in [3.8, 4) is 56.4 Å². The van der Waals surface area contributed by atoms with Crippen molar-refractivity contribution in [2.24, 2.45) is 0 Å². The number of rotatable bonds is 5. The molecular formula is C45H27N3O2. The number of para-hydroxylation sites is 1. The van der Waals surface area contributed by atoms with Crippen LogP contribution in [0.5, 0.6) is 0 Å². The highest BCUT2D eigenvalue weighted by atomic mass is 16.3. The van der Waals surface area contributed by atoms with Gasteiger partial charge in [0.05, 0.1) is 8.22 Å². The van der Waals surface area contributed by atoms with Crippen molar-refractivity contribution in [1.29, 1.82) is 0 Å². The minimum absolute atomic E-state index is 0.0361. The van der Waals surface area contributed by atoms with Crippen LogP contribution in [-0.2, 0) is 0 Å². The monoisotopic (exact) mass is 647 g/mol. The summed E-state index contributed by atoms with van der Waals surface area (Å²) >= 11 is 0. The number of aromatic nitrogens is 3. The van der Waals surface area contributed by atoms with Crippen molar-refractivity contribution < 1.29 is 17.1 Å². The van der Waals surface area contributed by atoms with Crippen molar-refractivity contribution in [2.45, 2.75) is 0 Å². The molecule has 0 amide bonds. The van der Waals surface area contributed by atoms with Crippen LogP contribution in [0.2, 0.25) is 0 Å². The van der Waals surface area contributed by atoms with E-state index in [-0.39, 0.29) is 46.3 Å². The van der Waals surface area contributed by atoms with Gasteiger partial charge in [0.15, 0.2) is 17.5 Å². The van der Waals surface area contributed by atoms with Crippen molar-refractivity contribution in [2.75, 3.05) is 0 Å². The molecule has 7 aromatic carbocycles. The molecular weight excluding hydrogens is 615 g/mol. The quantitative estimate of drug-likeness (QED) is 0.186. The van der Waals surface area contributed by atoms with Gasteiger partial charge in [0.2, 0.25) is 0 Å². The van der Waals surface area contributed by atoms with Crippen molar-refractivity contribution in [3.63, 3.8) is 0 Å². The van der Waals surface area contributed by atoms with Crippen LogP contribution in [-0.4, -0.2) is 15.0 Å². The molecule has 3 heterocycles. The van der Waals surface area contributed by atoms with E-state index in [9.17, 15) is 2.74 Å². The summed E-state index contributed by atoms with van der Waals surface area (Å²) in [6, 6.07) is 38.2. The van der Waals surface area contributed by atoms with Gasteiger partial charge >= 0.3 is 0 Å². The molecule has 0 saturated heterocycles. The normalized spacial score (nSPS) is 13.3. The molecule has 0 aliphatic carbocycles. The summed E-state index contributed by atoms with van der Waals surface area (Å²) < 4.78 is 65.9. The van der Waals surface area contributed by atoms with E-state index in [1.54, 1.807) is 6.07 Å². The highest BCUT2D eigenvalue weighted by Crippen LogP contribution is 2.43. The van der Waals surface area contributed by atoms with Gasteiger partial charge in [-0.05, 0) is 47.0 Å². The summed E-state index contributed by atoms with van der Waals surface area (Å²) in [5, 5.41) is 2.08. The number of benzene rings is 7. The van der Waals surface area contributed by atoms with E-state index in [1.807, 2.05) is 121 Å². The number of nitrogens with zero attached hydrogens (tertiary/aromatic N) is 3. The first-order valence-corrected chi connectivity index (χ1v) is 16.1. The summed E-state index contributed by atoms with van der Waals surface area (Å²) in [5.41, 5.74) is 5.49. The zero-order valence-corrected chi connectivity index (χ0v) is 26.3. The molecule has 0 radical (unpaired) electrons. The first-order chi connectivity index (χ1) is 27.3. The Balaban J connectivity index is 1.22. The lowest BCUT2D eigenvalue weighted by Crippen LogP contribution is -2.00. The van der Waals surface area contributed by atoms with Gasteiger partial charge in [-0.25, -0.2) is 15.0 Å². The smallest absolute Gasteiger partial charge is 0.164 e. The van der Waals surface area contributed by atoms with E-state index in [2.05, 4.69) is 0 Å². The van der Waals surface area contributed by atoms with E-state index >= 15 is 0 Å². The molecule has 0 fully saturated rings. The van der Waals surface area contributed by atoms with Crippen LogP contribution in [0.4, 0.5) is 0 Å². The summed E-state index contributed by atoms with van der Waals surface area (Å²) in [6.45, 7) is 0. The Bertz CT molecular complexity index is 3150. The van der Waals surface area contributed by atoms with Crippen LogP contribution in [0.15, 0.2) is 172 Å². The van der Waals surface area contributed by atoms with Crippen molar-refractivity contribution in [3.05, 3.63) is 164 Å². The first-order valence-electron chi connectivity index (χ1n) is 19.1. The Morgan fingerprint density at radius 2 is 1.04 bits per heavy atom. The predicted molar refractivity (Wildman–Crippen MR) is 202 cm³/mol. The van der Waals surface area contributed by atoms with Gasteiger partial charge in [-0.3, -0.25) is 0 Å². The van der Waals surface area contributed by atoms with Crippen molar-refractivity contribution in [1.82, 2.24) is 15.0 Å². The highest BCUT2D eigenvalue weighted by molar-refractivity contribution is 6.17. The minimum Gasteiger partial charge on any atom is -0.456 e. The molecule has 0 unspecified atom stereocenters. The van der Waals surface area contributed by atoms with Crippen LogP contribution >= 0.6 is 0 Å². The Hall–Kier alpha value is -6.85. The molecule has 234 valence electrons. The molecule has 0 atom stereocenters. The van der Waals surface area contributed by atoms with Crippen LogP contribution in [0.3, 0.4) is 0 Å². The Labute approximate surface area is 295 Å². The zero-order chi connectivity index (χ0) is 38.2. The number of fused-ring (bicyclic) bond motifs is 6. The fraction of sp³-hybridized carbons (Fsp3) is 0. The molecule has 50 heavy (non-hydrogen) atoms. The lowest BCUT2D eigenvalue weighted by molar-refractivity contribution is 0.668. The fourth-order valence-electron chi connectivity index (χ4n) is 6.60. The number of furan rings is 2. The summed E-state index contributed by atoms with van der Waals surface area (Å²) in [4.78, 5) is 14.8. The molecule has 5 nitrogen and oxygen atoms in total. The molecule has 0 spiro atoms. The minimum atomic E-state index is -0.425. The van der Waals surface area contributed by atoms with E-state index in [0.29, 0.717) is 50.7 Å². The SMILES string of the molecule is [2H]c1c([2H])c([2H])c2c(oc3c(-c4ccc5c(c4)oc4cccc(-c6nc(-c7ccccc7)nc(-c7ccccc7)n6)c45)c([2H])c([2H])c(-c4ccccc4)c32)c1[2H].